The Hall–Kier alpha value is -2.35. The van der Waals surface area contributed by atoms with Gasteiger partial charge < -0.3 is 9.47 Å². The van der Waals surface area contributed by atoms with E-state index in [0.717, 1.165) is 11.3 Å². The fourth-order valence-corrected chi connectivity index (χ4v) is 3.22. The lowest BCUT2D eigenvalue weighted by Crippen LogP contribution is -2.12. The van der Waals surface area contributed by atoms with Crippen LogP contribution in [-0.2, 0) is 0 Å². The van der Waals surface area contributed by atoms with Crippen molar-refractivity contribution in [1.82, 2.24) is 9.97 Å². The molecule has 6 nitrogen and oxygen atoms in total. The van der Waals surface area contributed by atoms with Gasteiger partial charge in [0.1, 0.15) is 5.15 Å². The highest BCUT2D eigenvalue weighted by Crippen LogP contribution is 2.36. The van der Waals surface area contributed by atoms with Crippen molar-refractivity contribution < 1.29 is 14.3 Å². The first-order chi connectivity index (χ1) is 12.1. The Bertz CT molecular complexity index is 977. The van der Waals surface area contributed by atoms with Crippen LogP contribution < -0.4 is 14.8 Å². The lowest BCUT2D eigenvalue weighted by molar-refractivity contribution is 0.102. The third-order valence-corrected chi connectivity index (χ3v) is 4.90. The molecule has 0 saturated heterocycles. The quantitative estimate of drug-likeness (QED) is 0.663. The third kappa shape index (κ3) is 3.26. The van der Waals surface area contributed by atoms with E-state index in [1.165, 1.54) is 23.6 Å². The summed E-state index contributed by atoms with van der Waals surface area (Å²) in [5, 5.41) is 5.40. The standard InChI is InChI=1S/C16H9Cl2N3O3S/c17-10-3-9(5-19-14(10)18)15(22)21-16-20-11(6-25-16)8-1-2-12-13(4-8)24-7-23-12/h1-6H,7H2,(H,20,21,22). The third-order valence-electron chi connectivity index (χ3n) is 3.45. The largest absolute Gasteiger partial charge is 0.454 e. The van der Waals surface area contributed by atoms with Crippen molar-refractivity contribution in [3.05, 3.63) is 51.6 Å². The predicted octanol–water partition coefficient (Wildman–Crippen LogP) is 4.49. The molecule has 1 aromatic carbocycles. The maximum Gasteiger partial charge on any atom is 0.259 e. The summed E-state index contributed by atoms with van der Waals surface area (Å²) in [6.45, 7) is 0.217. The molecule has 4 rings (SSSR count). The molecule has 2 aromatic heterocycles. The molecule has 1 aliphatic rings. The molecule has 25 heavy (non-hydrogen) atoms. The van der Waals surface area contributed by atoms with Crippen LogP contribution in [0.1, 0.15) is 10.4 Å². The van der Waals surface area contributed by atoms with Gasteiger partial charge in [0, 0.05) is 17.1 Å². The van der Waals surface area contributed by atoms with Crippen molar-refractivity contribution in [3.63, 3.8) is 0 Å². The zero-order valence-corrected chi connectivity index (χ0v) is 14.8. The van der Waals surface area contributed by atoms with E-state index >= 15 is 0 Å². The van der Waals surface area contributed by atoms with E-state index in [4.69, 9.17) is 32.7 Å². The molecule has 1 N–H and O–H groups in total. The molecule has 126 valence electrons. The summed E-state index contributed by atoms with van der Waals surface area (Å²) in [5.74, 6) is 1.02. The van der Waals surface area contributed by atoms with Gasteiger partial charge in [-0.15, -0.1) is 11.3 Å². The average Bonchev–Trinajstić information content (AvgIpc) is 3.25. The minimum atomic E-state index is -0.363. The Morgan fingerprint density at radius 2 is 2.04 bits per heavy atom. The van der Waals surface area contributed by atoms with E-state index in [1.807, 2.05) is 23.6 Å². The number of nitrogens with zero attached hydrogens (tertiary/aromatic N) is 2. The summed E-state index contributed by atoms with van der Waals surface area (Å²) in [6.07, 6.45) is 1.36. The minimum Gasteiger partial charge on any atom is -0.454 e. The highest BCUT2D eigenvalue weighted by Gasteiger charge is 2.16. The average molecular weight is 394 g/mol. The molecule has 0 aliphatic carbocycles. The lowest BCUT2D eigenvalue weighted by atomic mass is 10.1. The number of pyridine rings is 1. The number of amides is 1. The number of aromatic nitrogens is 2. The second kappa shape index (κ2) is 6.51. The number of anilines is 1. The van der Waals surface area contributed by atoms with Gasteiger partial charge in [-0.3, -0.25) is 10.1 Å². The van der Waals surface area contributed by atoms with E-state index in [-0.39, 0.29) is 22.9 Å². The SMILES string of the molecule is O=C(Nc1nc(-c2ccc3c(c2)OCO3)cs1)c1cnc(Cl)c(Cl)c1. The number of carbonyl (C=O) groups excluding carboxylic acids is 1. The molecular formula is C16H9Cl2N3O3S. The Balaban J connectivity index is 1.53. The molecule has 0 radical (unpaired) electrons. The molecule has 1 aliphatic heterocycles. The fourth-order valence-electron chi connectivity index (χ4n) is 2.23. The maximum atomic E-state index is 12.3. The van der Waals surface area contributed by atoms with Crippen LogP contribution in [0.4, 0.5) is 5.13 Å². The summed E-state index contributed by atoms with van der Waals surface area (Å²) in [4.78, 5) is 20.5. The second-order valence-corrected chi connectivity index (χ2v) is 6.68. The summed E-state index contributed by atoms with van der Waals surface area (Å²) >= 11 is 12.9. The van der Waals surface area contributed by atoms with Crippen molar-refractivity contribution in [1.29, 1.82) is 0 Å². The zero-order valence-electron chi connectivity index (χ0n) is 12.5. The van der Waals surface area contributed by atoms with Crippen LogP contribution in [-0.4, -0.2) is 22.7 Å². The summed E-state index contributed by atoms with van der Waals surface area (Å²) in [5.41, 5.74) is 1.90. The number of benzene rings is 1. The first-order valence-corrected chi connectivity index (χ1v) is 8.71. The molecule has 3 aromatic rings. The van der Waals surface area contributed by atoms with E-state index in [0.29, 0.717) is 22.2 Å². The Labute approximate surface area is 156 Å². The van der Waals surface area contributed by atoms with Crippen molar-refractivity contribution in [2.45, 2.75) is 0 Å². The lowest BCUT2D eigenvalue weighted by Gasteiger charge is -2.03. The molecular weight excluding hydrogens is 385 g/mol. The van der Waals surface area contributed by atoms with E-state index in [2.05, 4.69) is 15.3 Å². The van der Waals surface area contributed by atoms with Crippen LogP contribution in [0, 0.1) is 0 Å². The Kier molecular flexibility index (Phi) is 4.20. The maximum absolute atomic E-state index is 12.3. The molecule has 0 atom stereocenters. The Morgan fingerprint density at radius 3 is 2.88 bits per heavy atom. The number of rotatable bonds is 3. The van der Waals surface area contributed by atoms with E-state index < -0.39 is 0 Å². The normalized spacial score (nSPS) is 12.2. The topological polar surface area (TPSA) is 73.3 Å². The predicted molar refractivity (Wildman–Crippen MR) is 95.9 cm³/mol. The molecule has 0 fully saturated rings. The van der Waals surface area contributed by atoms with Crippen molar-refractivity contribution in [2.75, 3.05) is 12.1 Å². The van der Waals surface area contributed by atoms with Crippen LogP contribution >= 0.6 is 34.5 Å². The van der Waals surface area contributed by atoms with Gasteiger partial charge in [0.05, 0.1) is 16.3 Å². The smallest absolute Gasteiger partial charge is 0.259 e. The van der Waals surface area contributed by atoms with Gasteiger partial charge in [0.15, 0.2) is 16.6 Å². The first-order valence-electron chi connectivity index (χ1n) is 7.08. The number of ether oxygens (including phenoxy) is 2. The summed E-state index contributed by atoms with van der Waals surface area (Å²) < 4.78 is 10.7. The molecule has 0 unspecified atom stereocenters. The van der Waals surface area contributed by atoms with Gasteiger partial charge in [0.25, 0.3) is 5.91 Å². The van der Waals surface area contributed by atoms with Crippen LogP contribution in [0.3, 0.4) is 0 Å². The van der Waals surface area contributed by atoms with Crippen molar-refractivity contribution in [2.24, 2.45) is 0 Å². The number of carbonyl (C=O) groups is 1. The highest BCUT2D eigenvalue weighted by molar-refractivity contribution is 7.14. The van der Waals surface area contributed by atoms with Crippen molar-refractivity contribution >= 4 is 45.6 Å². The summed E-state index contributed by atoms with van der Waals surface area (Å²) in [7, 11) is 0. The van der Waals surface area contributed by atoms with Gasteiger partial charge in [0.2, 0.25) is 6.79 Å². The number of nitrogens with one attached hydrogen (secondary N) is 1. The van der Waals surface area contributed by atoms with Crippen LogP contribution in [0.15, 0.2) is 35.8 Å². The van der Waals surface area contributed by atoms with Gasteiger partial charge in [-0.05, 0) is 24.3 Å². The molecule has 0 saturated carbocycles. The van der Waals surface area contributed by atoms with Gasteiger partial charge in [-0.1, -0.05) is 23.2 Å². The first kappa shape index (κ1) is 16.1. The number of fused-ring (bicyclic) bond motifs is 1. The van der Waals surface area contributed by atoms with Crippen LogP contribution in [0.5, 0.6) is 11.5 Å². The van der Waals surface area contributed by atoms with Gasteiger partial charge in [-0.25, -0.2) is 9.97 Å². The molecule has 1 amide bonds. The number of halogens is 2. The van der Waals surface area contributed by atoms with E-state index in [9.17, 15) is 4.79 Å². The number of hydrogen-bond donors (Lipinski definition) is 1. The zero-order chi connectivity index (χ0) is 17.4. The van der Waals surface area contributed by atoms with Gasteiger partial charge >= 0.3 is 0 Å². The van der Waals surface area contributed by atoms with Crippen LogP contribution in [0.2, 0.25) is 10.2 Å². The second-order valence-electron chi connectivity index (χ2n) is 5.06. The minimum absolute atomic E-state index is 0.151. The Morgan fingerprint density at radius 1 is 1.20 bits per heavy atom. The van der Waals surface area contributed by atoms with Crippen molar-refractivity contribution in [3.8, 4) is 22.8 Å². The fraction of sp³-hybridized carbons (Fsp3) is 0.0625. The number of thiazole rings is 1. The van der Waals surface area contributed by atoms with E-state index in [1.54, 1.807) is 0 Å². The molecule has 9 heteroatoms. The molecule has 0 bridgehead atoms. The highest BCUT2D eigenvalue weighted by atomic mass is 35.5. The monoisotopic (exact) mass is 393 g/mol. The molecule has 0 spiro atoms. The van der Waals surface area contributed by atoms with Crippen LogP contribution in [0.25, 0.3) is 11.3 Å². The van der Waals surface area contributed by atoms with Gasteiger partial charge in [-0.2, -0.15) is 0 Å². The summed E-state index contributed by atoms with van der Waals surface area (Å²) in [6, 6.07) is 7.03. The molecule has 3 heterocycles. The number of hydrogen-bond acceptors (Lipinski definition) is 6.